The fraction of sp³-hybridized carbons (Fsp3) is 0.267. The highest BCUT2D eigenvalue weighted by atomic mass is 35.5. The lowest BCUT2D eigenvalue weighted by Gasteiger charge is -2.11. The van der Waals surface area contributed by atoms with Crippen LogP contribution in [0.1, 0.15) is 17.3 Å². The van der Waals surface area contributed by atoms with Crippen molar-refractivity contribution in [2.45, 2.75) is 13.0 Å². The van der Waals surface area contributed by atoms with Crippen LogP contribution in [0.5, 0.6) is 0 Å². The van der Waals surface area contributed by atoms with E-state index in [1.54, 1.807) is 20.0 Å². The number of carboxylic acid groups (broad SMARTS) is 1. The number of hydrogen-bond donors (Lipinski definition) is 4. The standard InChI is InChI=1S/C15H16ClN7O3/c1-7(24)6-17-15-19-12(11-13(20-15)23(2)22-21-11)18-8-3-4-9(14(25)26)10(16)5-8/h3-5,7,24H,6H2,1-2H3,(H,25,26)(H2,17,18,19,20). The summed E-state index contributed by atoms with van der Waals surface area (Å²) < 4.78 is 1.50. The van der Waals surface area contributed by atoms with Crippen molar-refractivity contribution in [2.24, 2.45) is 7.05 Å². The average Bonchev–Trinajstić information content (AvgIpc) is 2.94. The fourth-order valence-electron chi connectivity index (χ4n) is 2.22. The number of fused-ring (bicyclic) bond motifs is 1. The maximum atomic E-state index is 11.1. The van der Waals surface area contributed by atoms with Gasteiger partial charge in [-0.25, -0.2) is 9.48 Å². The molecular weight excluding hydrogens is 362 g/mol. The molecule has 4 N–H and O–H groups in total. The summed E-state index contributed by atoms with van der Waals surface area (Å²) in [4.78, 5) is 19.7. The Morgan fingerprint density at radius 2 is 2.15 bits per heavy atom. The molecule has 1 unspecified atom stereocenters. The molecule has 26 heavy (non-hydrogen) atoms. The molecule has 0 saturated heterocycles. The lowest BCUT2D eigenvalue weighted by atomic mass is 10.2. The molecule has 3 aromatic rings. The molecule has 0 bridgehead atoms. The van der Waals surface area contributed by atoms with Gasteiger partial charge in [0.1, 0.15) is 0 Å². The number of benzene rings is 1. The number of carbonyl (C=O) groups is 1. The Labute approximate surface area is 152 Å². The van der Waals surface area contributed by atoms with Crippen molar-refractivity contribution < 1.29 is 15.0 Å². The van der Waals surface area contributed by atoms with Crippen LogP contribution in [0.15, 0.2) is 18.2 Å². The first kappa shape index (κ1) is 17.8. The number of hydrogen-bond acceptors (Lipinski definition) is 8. The van der Waals surface area contributed by atoms with Crippen molar-refractivity contribution in [1.29, 1.82) is 0 Å². The van der Waals surface area contributed by atoms with E-state index in [2.05, 4.69) is 30.9 Å². The van der Waals surface area contributed by atoms with E-state index in [-0.39, 0.29) is 17.1 Å². The van der Waals surface area contributed by atoms with Crippen LogP contribution in [0.25, 0.3) is 11.2 Å². The summed E-state index contributed by atoms with van der Waals surface area (Å²) in [6, 6.07) is 4.45. The highest BCUT2D eigenvalue weighted by molar-refractivity contribution is 6.33. The summed E-state index contributed by atoms with van der Waals surface area (Å²) in [5.41, 5.74) is 1.47. The van der Waals surface area contributed by atoms with Crippen molar-refractivity contribution in [3.8, 4) is 0 Å². The number of nitrogens with one attached hydrogen (secondary N) is 2. The predicted molar refractivity (Wildman–Crippen MR) is 96.0 cm³/mol. The van der Waals surface area contributed by atoms with Crippen LogP contribution in [-0.4, -0.2) is 53.8 Å². The Balaban J connectivity index is 1.98. The largest absolute Gasteiger partial charge is 0.478 e. The van der Waals surface area contributed by atoms with Gasteiger partial charge in [0.2, 0.25) is 5.95 Å². The molecule has 0 aliphatic rings. The lowest BCUT2D eigenvalue weighted by molar-refractivity contribution is 0.0697. The molecule has 0 fully saturated rings. The molecule has 0 amide bonds. The first-order valence-corrected chi connectivity index (χ1v) is 8.02. The Morgan fingerprint density at radius 1 is 1.38 bits per heavy atom. The molecule has 0 radical (unpaired) electrons. The van der Waals surface area contributed by atoms with Crippen molar-refractivity contribution in [1.82, 2.24) is 25.0 Å². The van der Waals surface area contributed by atoms with Crippen LogP contribution in [0.2, 0.25) is 5.02 Å². The number of aryl methyl sites for hydroxylation is 1. The summed E-state index contributed by atoms with van der Waals surface area (Å²) in [6.07, 6.45) is -0.572. The third kappa shape index (κ3) is 3.65. The van der Waals surface area contributed by atoms with E-state index in [9.17, 15) is 9.90 Å². The van der Waals surface area contributed by atoms with Gasteiger partial charge in [0, 0.05) is 19.3 Å². The number of nitrogens with zero attached hydrogens (tertiary/aromatic N) is 5. The average molecular weight is 378 g/mol. The van der Waals surface area contributed by atoms with Gasteiger partial charge in [0.05, 0.1) is 16.7 Å². The Hall–Kier alpha value is -2.98. The van der Waals surface area contributed by atoms with Crippen molar-refractivity contribution in [2.75, 3.05) is 17.2 Å². The molecule has 0 aliphatic carbocycles. The van der Waals surface area contributed by atoms with Gasteiger partial charge in [-0.1, -0.05) is 16.8 Å². The Morgan fingerprint density at radius 3 is 2.81 bits per heavy atom. The maximum absolute atomic E-state index is 11.1. The molecule has 1 atom stereocenters. The summed E-state index contributed by atoms with van der Waals surface area (Å²) in [6.45, 7) is 1.91. The van der Waals surface area contributed by atoms with Crippen LogP contribution in [0, 0.1) is 0 Å². The first-order chi connectivity index (χ1) is 12.3. The van der Waals surface area contributed by atoms with E-state index in [0.717, 1.165) is 0 Å². The zero-order chi connectivity index (χ0) is 18.8. The highest BCUT2D eigenvalue weighted by Gasteiger charge is 2.15. The number of aromatic carboxylic acids is 1. The molecule has 1 aromatic carbocycles. The molecule has 3 rings (SSSR count). The van der Waals surface area contributed by atoms with Crippen LogP contribution >= 0.6 is 11.6 Å². The van der Waals surface area contributed by atoms with Gasteiger partial charge < -0.3 is 20.8 Å². The molecule has 11 heteroatoms. The number of halogens is 1. The van der Waals surface area contributed by atoms with Crippen LogP contribution < -0.4 is 10.6 Å². The Kier molecular flexibility index (Phi) is 4.87. The van der Waals surface area contributed by atoms with Gasteiger partial charge in [-0.15, -0.1) is 5.10 Å². The number of rotatable bonds is 6. The summed E-state index contributed by atoms with van der Waals surface area (Å²) in [5, 5.41) is 32.5. The summed E-state index contributed by atoms with van der Waals surface area (Å²) in [5.74, 6) is -0.445. The second-order valence-corrected chi connectivity index (χ2v) is 6.04. The van der Waals surface area contributed by atoms with Gasteiger partial charge in [-0.3, -0.25) is 0 Å². The van der Waals surface area contributed by atoms with Crippen LogP contribution in [0.3, 0.4) is 0 Å². The van der Waals surface area contributed by atoms with E-state index in [4.69, 9.17) is 16.7 Å². The van der Waals surface area contributed by atoms with E-state index >= 15 is 0 Å². The zero-order valence-corrected chi connectivity index (χ0v) is 14.7. The number of aromatic nitrogens is 5. The highest BCUT2D eigenvalue weighted by Crippen LogP contribution is 2.26. The number of anilines is 3. The summed E-state index contributed by atoms with van der Waals surface area (Å²) in [7, 11) is 1.70. The number of aliphatic hydroxyl groups excluding tert-OH is 1. The van der Waals surface area contributed by atoms with Crippen molar-refractivity contribution in [3.05, 3.63) is 28.8 Å². The zero-order valence-electron chi connectivity index (χ0n) is 13.9. The van der Waals surface area contributed by atoms with Gasteiger partial charge >= 0.3 is 5.97 Å². The van der Waals surface area contributed by atoms with Crippen LogP contribution in [0.4, 0.5) is 17.5 Å². The van der Waals surface area contributed by atoms with E-state index < -0.39 is 12.1 Å². The number of aliphatic hydroxyl groups is 1. The molecular formula is C15H16ClN7O3. The second kappa shape index (κ2) is 7.10. The molecule has 0 spiro atoms. The lowest BCUT2D eigenvalue weighted by Crippen LogP contribution is -2.17. The van der Waals surface area contributed by atoms with E-state index in [0.29, 0.717) is 28.6 Å². The fourth-order valence-corrected chi connectivity index (χ4v) is 2.48. The van der Waals surface area contributed by atoms with Crippen molar-refractivity contribution >= 4 is 46.2 Å². The number of carboxylic acids is 1. The van der Waals surface area contributed by atoms with E-state index in [1.165, 1.54) is 16.8 Å². The SMILES string of the molecule is CC(O)CNc1nc(Nc2ccc(C(=O)O)c(Cl)c2)c2nnn(C)c2n1. The Bertz CT molecular complexity index is 973. The van der Waals surface area contributed by atoms with Crippen molar-refractivity contribution in [3.63, 3.8) is 0 Å². The molecule has 0 aliphatic heterocycles. The third-order valence-corrected chi connectivity index (χ3v) is 3.78. The minimum absolute atomic E-state index is 0.00356. The topological polar surface area (TPSA) is 138 Å². The minimum atomic E-state index is -1.11. The second-order valence-electron chi connectivity index (χ2n) is 5.64. The predicted octanol–water partition coefficient (Wildman–Crippen LogP) is 1.65. The van der Waals surface area contributed by atoms with Crippen LogP contribution in [-0.2, 0) is 7.05 Å². The molecule has 136 valence electrons. The molecule has 2 aromatic heterocycles. The minimum Gasteiger partial charge on any atom is -0.478 e. The van der Waals surface area contributed by atoms with Gasteiger partial charge in [-0.05, 0) is 25.1 Å². The molecule has 10 nitrogen and oxygen atoms in total. The third-order valence-electron chi connectivity index (χ3n) is 3.47. The maximum Gasteiger partial charge on any atom is 0.337 e. The van der Waals surface area contributed by atoms with Gasteiger partial charge in [-0.2, -0.15) is 9.97 Å². The van der Waals surface area contributed by atoms with E-state index in [1.807, 2.05) is 0 Å². The quantitative estimate of drug-likeness (QED) is 0.505. The van der Waals surface area contributed by atoms with Gasteiger partial charge in [0.25, 0.3) is 0 Å². The monoisotopic (exact) mass is 377 g/mol. The normalized spacial score (nSPS) is 12.2. The molecule has 2 heterocycles. The molecule has 0 saturated carbocycles. The first-order valence-electron chi connectivity index (χ1n) is 7.64. The smallest absolute Gasteiger partial charge is 0.337 e. The summed E-state index contributed by atoms with van der Waals surface area (Å²) >= 11 is 6.00. The van der Waals surface area contributed by atoms with Gasteiger partial charge in [0.15, 0.2) is 17.0 Å².